The molecule has 0 bridgehead atoms. The monoisotopic (exact) mass is 444 g/mol. The van der Waals surface area contributed by atoms with Crippen molar-refractivity contribution < 1.29 is 13.6 Å². The van der Waals surface area contributed by atoms with Crippen LogP contribution in [0.1, 0.15) is 49.8 Å². The Balaban J connectivity index is 1.30. The largest absolute Gasteiger partial charge is 0.362 e. The molecule has 0 unspecified atom stereocenters. The highest BCUT2D eigenvalue weighted by molar-refractivity contribution is 5.89. The molecule has 1 fully saturated rings. The van der Waals surface area contributed by atoms with Crippen LogP contribution in [0.5, 0.6) is 0 Å². The van der Waals surface area contributed by atoms with Crippen molar-refractivity contribution in [1.29, 1.82) is 0 Å². The third-order valence-electron chi connectivity index (χ3n) is 6.16. The molecular weight excluding hydrogens is 414 g/mol. The molecule has 2 aliphatic rings. The number of nitrogens with zero attached hydrogens (tertiary/aromatic N) is 3. The van der Waals surface area contributed by atoms with E-state index in [0.717, 1.165) is 62.2 Å². The SMILES string of the molecule is CN(C)c1nc(NC2CCC(NC(=O)Nc3ccc(F)c(F)c3)CC2)nc2c1CCCC2. The zero-order chi connectivity index (χ0) is 22.7. The summed E-state index contributed by atoms with van der Waals surface area (Å²) in [6, 6.07) is 3.15. The van der Waals surface area contributed by atoms with E-state index in [-0.39, 0.29) is 17.8 Å². The highest BCUT2D eigenvalue weighted by Gasteiger charge is 2.25. The van der Waals surface area contributed by atoms with Gasteiger partial charge in [-0.3, -0.25) is 0 Å². The van der Waals surface area contributed by atoms with Crippen LogP contribution in [-0.4, -0.2) is 42.2 Å². The van der Waals surface area contributed by atoms with Gasteiger partial charge in [0.2, 0.25) is 5.95 Å². The van der Waals surface area contributed by atoms with Gasteiger partial charge in [-0.15, -0.1) is 0 Å². The number of carbonyl (C=O) groups excluding carboxylic acids is 1. The first kappa shape index (κ1) is 22.2. The summed E-state index contributed by atoms with van der Waals surface area (Å²) < 4.78 is 26.3. The molecule has 1 aromatic carbocycles. The van der Waals surface area contributed by atoms with E-state index < -0.39 is 17.7 Å². The van der Waals surface area contributed by atoms with E-state index in [9.17, 15) is 13.6 Å². The van der Waals surface area contributed by atoms with Gasteiger partial charge in [-0.05, 0) is 63.5 Å². The number of carbonyl (C=O) groups is 1. The summed E-state index contributed by atoms with van der Waals surface area (Å²) in [5, 5.41) is 8.97. The van der Waals surface area contributed by atoms with E-state index in [2.05, 4.69) is 20.9 Å². The number of halogens is 2. The van der Waals surface area contributed by atoms with Crippen molar-refractivity contribution in [2.75, 3.05) is 29.6 Å². The second-order valence-corrected chi connectivity index (χ2v) is 8.82. The summed E-state index contributed by atoms with van der Waals surface area (Å²) in [5.41, 5.74) is 2.64. The number of hydrogen-bond acceptors (Lipinski definition) is 5. The van der Waals surface area contributed by atoms with Crippen LogP contribution in [0.3, 0.4) is 0 Å². The summed E-state index contributed by atoms with van der Waals surface area (Å²) in [4.78, 5) is 23.8. The Morgan fingerprint density at radius 1 is 1.00 bits per heavy atom. The lowest BCUT2D eigenvalue weighted by molar-refractivity contribution is 0.243. The minimum atomic E-state index is -0.990. The lowest BCUT2D eigenvalue weighted by Gasteiger charge is -2.30. The van der Waals surface area contributed by atoms with Gasteiger partial charge in [0.05, 0.1) is 5.69 Å². The average Bonchev–Trinajstić information content (AvgIpc) is 2.77. The molecule has 172 valence electrons. The Morgan fingerprint density at radius 3 is 2.44 bits per heavy atom. The summed E-state index contributed by atoms with van der Waals surface area (Å²) in [6.45, 7) is 0. The predicted molar refractivity (Wildman–Crippen MR) is 121 cm³/mol. The Hall–Kier alpha value is -2.97. The fourth-order valence-corrected chi connectivity index (χ4v) is 4.50. The zero-order valence-corrected chi connectivity index (χ0v) is 18.5. The van der Waals surface area contributed by atoms with Gasteiger partial charge < -0.3 is 20.9 Å². The number of fused-ring (bicyclic) bond motifs is 1. The van der Waals surface area contributed by atoms with Crippen LogP contribution >= 0.6 is 0 Å². The molecule has 32 heavy (non-hydrogen) atoms. The minimum absolute atomic E-state index is 0.0279. The van der Waals surface area contributed by atoms with Gasteiger partial charge in [0.15, 0.2) is 11.6 Å². The molecule has 1 heterocycles. The summed E-state index contributed by atoms with van der Waals surface area (Å²) in [6.07, 6.45) is 7.78. The van der Waals surface area contributed by atoms with Crippen LogP contribution in [0, 0.1) is 11.6 Å². The Morgan fingerprint density at radius 2 is 1.72 bits per heavy atom. The number of nitrogens with one attached hydrogen (secondary N) is 3. The molecule has 7 nitrogen and oxygen atoms in total. The predicted octanol–water partition coefficient (Wildman–Crippen LogP) is 4.24. The Kier molecular flexibility index (Phi) is 6.72. The molecule has 0 atom stereocenters. The van der Waals surface area contributed by atoms with Crippen molar-refractivity contribution in [3.05, 3.63) is 41.1 Å². The number of hydrogen-bond donors (Lipinski definition) is 3. The van der Waals surface area contributed by atoms with E-state index in [1.54, 1.807) is 0 Å². The van der Waals surface area contributed by atoms with E-state index in [4.69, 9.17) is 9.97 Å². The maximum atomic E-state index is 13.3. The minimum Gasteiger partial charge on any atom is -0.362 e. The number of urea groups is 1. The summed E-state index contributed by atoms with van der Waals surface area (Å²) in [7, 11) is 4.03. The van der Waals surface area contributed by atoms with Crippen LogP contribution in [0.15, 0.2) is 18.2 Å². The normalized spacial score (nSPS) is 20.2. The molecule has 1 aromatic heterocycles. The lowest BCUT2D eigenvalue weighted by Crippen LogP contribution is -2.42. The van der Waals surface area contributed by atoms with Crippen molar-refractivity contribution in [1.82, 2.24) is 15.3 Å². The van der Waals surface area contributed by atoms with Gasteiger partial charge in [0.25, 0.3) is 0 Å². The van der Waals surface area contributed by atoms with E-state index in [0.29, 0.717) is 5.95 Å². The third-order valence-corrected chi connectivity index (χ3v) is 6.16. The van der Waals surface area contributed by atoms with Crippen molar-refractivity contribution in [2.45, 2.75) is 63.5 Å². The van der Waals surface area contributed by atoms with Gasteiger partial charge in [-0.1, -0.05) is 0 Å². The molecular formula is C23H30F2N6O. The van der Waals surface area contributed by atoms with E-state index in [1.165, 1.54) is 24.5 Å². The topological polar surface area (TPSA) is 82.2 Å². The lowest BCUT2D eigenvalue weighted by atomic mass is 9.91. The smallest absolute Gasteiger partial charge is 0.319 e. The van der Waals surface area contributed by atoms with Crippen molar-refractivity contribution in [2.24, 2.45) is 0 Å². The quantitative estimate of drug-likeness (QED) is 0.643. The number of amides is 2. The molecule has 4 rings (SSSR count). The van der Waals surface area contributed by atoms with Crippen molar-refractivity contribution in [3.8, 4) is 0 Å². The average molecular weight is 445 g/mol. The first-order chi connectivity index (χ1) is 15.4. The second kappa shape index (κ2) is 9.67. The molecule has 2 aromatic rings. The summed E-state index contributed by atoms with van der Waals surface area (Å²) >= 11 is 0. The molecule has 2 amide bonds. The van der Waals surface area contributed by atoms with Crippen LogP contribution in [0.4, 0.5) is 31.0 Å². The molecule has 1 saturated carbocycles. The number of aromatic nitrogens is 2. The van der Waals surface area contributed by atoms with Crippen molar-refractivity contribution >= 4 is 23.5 Å². The van der Waals surface area contributed by atoms with Gasteiger partial charge in [-0.25, -0.2) is 18.6 Å². The standard InChI is InChI=1S/C23H30F2N6O/c1-31(2)21-17-5-3-4-6-20(17)29-22(30-21)26-14-7-9-15(10-8-14)27-23(32)28-16-11-12-18(24)19(25)13-16/h11-15H,3-10H2,1-2H3,(H,26,29,30)(H2,27,28,32). The molecule has 0 spiro atoms. The molecule has 3 N–H and O–H groups in total. The molecule has 0 radical (unpaired) electrons. The van der Waals surface area contributed by atoms with Gasteiger partial charge in [-0.2, -0.15) is 4.98 Å². The highest BCUT2D eigenvalue weighted by atomic mass is 19.2. The zero-order valence-electron chi connectivity index (χ0n) is 18.5. The summed E-state index contributed by atoms with van der Waals surface area (Å²) in [5.74, 6) is -0.248. The molecule has 9 heteroatoms. The van der Waals surface area contributed by atoms with E-state index in [1.807, 2.05) is 14.1 Å². The first-order valence-corrected chi connectivity index (χ1v) is 11.3. The Bertz CT molecular complexity index is 975. The maximum absolute atomic E-state index is 13.3. The number of rotatable bonds is 5. The number of benzene rings is 1. The number of anilines is 3. The van der Waals surface area contributed by atoms with Crippen LogP contribution in [0.2, 0.25) is 0 Å². The molecule has 0 saturated heterocycles. The molecule has 0 aliphatic heterocycles. The van der Waals surface area contributed by atoms with Gasteiger partial charge in [0, 0.05) is 43.5 Å². The maximum Gasteiger partial charge on any atom is 0.319 e. The van der Waals surface area contributed by atoms with Crippen LogP contribution in [-0.2, 0) is 12.8 Å². The van der Waals surface area contributed by atoms with Crippen LogP contribution in [0.25, 0.3) is 0 Å². The Labute approximate surface area is 187 Å². The highest BCUT2D eigenvalue weighted by Crippen LogP contribution is 2.29. The van der Waals surface area contributed by atoms with Gasteiger partial charge >= 0.3 is 6.03 Å². The molecule has 2 aliphatic carbocycles. The van der Waals surface area contributed by atoms with Gasteiger partial charge in [0.1, 0.15) is 5.82 Å². The fourth-order valence-electron chi connectivity index (χ4n) is 4.50. The fraction of sp³-hybridized carbons (Fsp3) is 0.522. The number of aryl methyl sites for hydroxylation is 1. The van der Waals surface area contributed by atoms with Crippen LogP contribution < -0.4 is 20.9 Å². The van der Waals surface area contributed by atoms with Crippen molar-refractivity contribution in [3.63, 3.8) is 0 Å². The third kappa shape index (κ3) is 5.26. The second-order valence-electron chi connectivity index (χ2n) is 8.82. The van der Waals surface area contributed by atoms with E-state index >= 15 is 0 Å². The first-order valence-electron chi connectivity index (χ1n) is 11.3.